The molecule has 0 radical (unpaired) electrons. The molecule has 0 fully saturated rings. The fourth-order valence-electron chi connectivity index (χ4n) is 3.59. The second-order valence-electron chi connectivity index (χ2n) is 7.25. The van der Waals surface area contributed by atoms with E-state index in [0.717, 1.165) is 16.9 Å². The van der Waals surface area contributed by atoms with E-state index in [2.05, 4.69) is 10.3 Å². The zero-order chi connectivity index (χ0) is 21.9. The first-order chi connectivity index (χ1) is 15.7. The maximum Gasteiger partial charge on any atom is 0.269 e. The first kappa shape index (κ1) is 19.4. The Labute approximate surface area is 183 Å². The van der Waals surface area contributed by atoms with E-state index in [9.17, 15) is 9.59 Å². The SMILES string of the molecule is O=C(Cn1c(=O)cnc2ccccc21)Nc1cc(-c2ccccc2)nn1-c1ccccc1. The summed E-state index contributed by atoms with van der Waals surface area (Å²) in [7, 11) is 0. The van der Waals surface area contributed by atoms with Gasteiger partial charge in [0.1, 0.15) is 12.4 Å². The highest BCUT2D eigenvalue weighted by Crippen LogP contribution is 2.24. The van der Waals surface area contributed by atoms with Crippen molar-refractivity contribution in [1.82, 2.24) is 19.3 Å². The molecule has 0 saturated heterocycles. The summed E-state index contributed by atoms with van der Waals surface area (Å²) < 4.78 is 3.10. The Hall–Kier alpha value is -4.52. The van der Waals surface area contributed by atoms with Crippen LogP contribution in [0.25, 0.3) is 28.0 Å². The number of nitrogens with one attached hydrogen (secondary N) is 1. The van der Waals surface area contributed by atoms with Crippen LogP contribution in [0.4, 0.5) is 5.82 Å². The number of rotatable bonds is 5. The normalized spacial score (nSPS) is 10.9. The Morgan fingerprint density at radius 2 is 1.56 bits per heavy atom. The Morgan fingerprint density at radius 3 is 2.34 bits per heavy atom. The highest BCUT2D eigenvalue weighted by atomic mass is 16.2. The molecule has 0 aliphatic heterocycles. The van der Waals surface area contributed by atoms with Crippen molar-refractivity contribution in [2.75, 3.05) is 5.32 Å². The van der Waals surface area contributed by atoms with Gasteiger partial charge in [-0.25, -0.2) is 9.67 Å². The van der Waals surface area contributed by atoms with Gasteiger partial charge in [-0.15, -0.1) is 0 Å². The number of amides is 1. The molecule has 0 aliphatic rings. The number of hydrogen-bond donors (Lipinski definition) is 1. The number of nitrogens with zero attached hydrogens (tertiary/aromatic N) is 4. The molecule has 0 spiro atoms. The predicted molar refractivity (Wildman–Crippen MR) is 124 cm³/mol. The highest BCUT2D eigenvalue weighted by molar-refractivity contribution is 5.91. The molecule has 5 rings (SSSR count). The molecule has 0 atom stereocenters. The Balaban J connectivity index is 1.50. The first-order valence-electron chi connectivity index (χ1n) is 10.1. The van der Waals surface area contributed by atoms with Crippen molar-refractivity contribution in [3.63, 3.8) is 0 Å². The average Bonchev–Trinajstić information content (AvgIpc) is 3.26. The third-order valence-electron chi connectivity index (χ3n) is 5.10. The number of benzene rings is 3. The van der Waals surface area contributed by atoms with E-state index < -0.39 is 0 Å². The van der Waals surface area contributed by atoms with Crippen molar-refractivity contribution < 1.29 is 4.79 Å². The second kappa shape index (κ2) is 8.31. The van der Waals surface area contributed by atoms with E-state index in [-0.39, 0.29) is 18.0 Å². The van der Waals surface area contributed by atoms with Gasteiger partial charge < -0.3 is 5.32 Å². The molecule has 7 nitrogen and oxygen atoms in total. The minimum absolute atomic E-state index is 0.136. The summed E-state index contributed by atoms with van der Waals surface area (Å²) in [4.78, 5) is 29.5. The van der Waals surface area contributed by atoms with E-state index in [4.69, 9.17) is 5.10 Å². The van der Waals surface area contributed by atoms with Gasteiger partial charge in [0.15, 0.2) is 0 Å². The topological polar surface area (TPSA) is 81.8 Å². The van der Waals surface area contributed by atoms with Gasteiger partial charge in [-0.05, 0) is 24.3 Å². The zero-order valence-corrected chi connectivity index (χ0v) is 17.1. The molecule has 1 N–H and O–H groups in total. The molecule has 0 saturated carbocycles. The largest absolute Gasteiger partial charge is 0.309 e. The molecule has 0 unspecified atom stereocenters. The van der Waals surface area contributed by atoms with Crippen LogP contribution in [0, 0.1) is 0 Å². The van der Waals surface area contributed by atoms with Crippen LogP contribution in [0.2, 0.25) is 0 Å². The number of carbonyl (C=O) groups is 1. The molecule has 32 heavy (non-hydrogen) atoms. The molecule has 7 heteroatoms. The minimum Gasteiger partial charge on any atom is -0.309 e. The lowest BCUT2D eigenvalue weighted by molar-refractivity contribution is -0.116. The van der Waals surface area contributed by atoms with Crippen LogP contribution in [0.5, 0.6) is 0 Å². The van der Waals surface area contributed by atoms with Crippen molar-refractivity contribution >= 4 is 22.8 Å². The third-order valence-corrected chi connectivity index (χ3v) is 5.10. The zero-order valence-electron chi connectivity index (χ0n) is 17.1. The quantitative estimate of drug-likeness (QED) is 0.467. The lowest BCUT2D eigenvalue weighted by atomic mass is 10.1. The van der Waals surface area contributed by atoms with Crippen LogP contribution in [0.3, 0.4) is 0 Å². The van der Waals surface area contributed by atoms with Crippen molar-refractivity contribution in [2.45, 2.75) is 6.54 Å². The summed E-state index contributed by atoms with van der Waals surface area (Å²) in [6.07, 6.45) is 1.23. The summed E-state index contributed by atoms with van der Waals surface area (Å²) in [5, 5.41) is 7.62. The Morgan fingerprint density at radius 1 is 0.875 bits per heavy atom. The van der Waals surface area contributed by atoms with Gasteiger partial charge in [0, 0.05) is 11.6 Å². The van der Waals surface area contributed by atoms with E-state index in [1.807, 2.05) is 78.9 Å². The number of para-hydroxylation sites is 3. The van der Waals surface area contributed by atoms with E-state index in [0.29, 0.717) is 16.9 Å². The third kappa shape index (κ3) is 3.79. The van der Waals surface area contributed by atoms with Crippen molar-refractivity contribution in [3.05, 3.63) is 108 Å². The van der Waals surface area contributed by atoms with E-state index >= 15 is 0 Å². The van der Waals surface area contributed by atoms with Gasteiger partial charge in [0.05, 0.1) is 28.6 Å². The molecule has 0 bridgehead atoms. The summed E-state index contributed by atoms with van der Waals surface area (Å²) >= 11 is 0. The van der Waals surface area contributed by atoms with Crippen molar-refractivity contribution in [2.24, 2.45) is 0 Å². The van der Waals surface area contributed by atoms with Crippen molar-refractivity contribution in [3.8, 4) is 16.9 Å². The fraction of sp³-hybridized carbons (Fsp3) is 0.0400. The minimum atomic E-state index is -0.333. The van der Waals surface area contributed by atoms with Gasteiger partial charge in [0.2, 0.25) is 5.91 Å². The molecular formula is C25H19N5O2. The lowest BCUT2D eigenvalue weighted by Gasteiger charge is -2.11. The van der Waals surface area contributed by atoms with E-state index in [1.54, 1.807) is 16.8 Å². The summed E-state index contributed by atoms with van der Waals surface area (Å²) in [5.74, 6) is 0.187. The highest BCUT2D eigenvalue weighted by Gasteiger charge is 2.15. The Bertz CT molecular complexity index is 1460. The number of hydrogen-bond acceptors (Lipinski definition) is 4. The van der Waals surface area contributed by atoms with Crippen LogP contribution in [-0.4, -0.2) is 25.2 Å². The van der Waals surface area contributed by atoms with Crippen LogP contribution in [0.15, 0.2) is 102 Å². The predicted octanol–water partition coefficient (Wildman–Crippen LogP) is 3.89. The molecule has 2 heterocycles. The maximum absolute atomic E-state index is 13.0. The molecule has 5 aromatic rings. The van der Waals surface area contributed by atoms with Gasteiger partial charge in [-0.3, -0.25) is 14.2 Å². The van der Waals surface area contributed by atoms with Gasteiger partial charge >= 0.3 is 0 Å². The maximum atomic E-state index is 13.0. The number of fused-ring (bicyclic) bond motifs is 1. The van der Waals surface area contributed by atoms with Crippen LogP contribution in [-0.2, 0) is 11.3 Å². The van der Waals surface area contributed by atoms with Crippen molar-refractivity contribution in [1.29, 1.82) is 0 Å². The first-order valence-corrected chi connectivity index (χ1v) is 10.1. The van der Waals surface area contributed by atoms with Crippen LogP contribution >= 0.6 is 0 Å². The van der Waals surface area contributed by atoms with Crippen LogP contribution < -0.4 is 10.9 Å². The standard InChI is InChI=1S/C25H19N5O2/c31-24(17-29-22-14-8-7-13-20(22)26-16-25(29)32)27-23-15-21(18-9-3-1-4-10-18)28-30(23)19-11-5-2-6-12-19/h1-16H,17H2,(H,27,31). The molecular weight excluding hydrogens is 402 g/mol. The summed E-state index contributed by atoms with van der Waals surface area (Å²) in [6, 6.07) is 28.4. The molecule has 156 valence electrons. The fourth-order valence-corrected chi connectivity index (χ4v) is 3.59. The molecule has 3 aromatic carbocycles. The summed E-state index contributed by atoms with van der Waals surface area (Å²) in [6.45, 7) is -0.136. The van der Waals surface area contributed by atoms with Gasteiger partial charge in [-0.1, -0.05) is 60.7 Å². The summed E-state index contributed by atoms with van der Waals surface area (Å²) in [5.41, 5.74) is 3.42. The van der Waals surface area contributed by atoms with Crippen LogP contribution in [0.1, 0.15) is 0 Å². The second-order valence-corrected chi connectivity index (χ2v) is 7.25. The lowest BCUT2D eigenvalue weighted by Crippen LogP contribution is -2.28. The number of anilines is 1. The van der Waals surface area contributed by atoms with Gasteiger partial charge in [0.25, 0.3) is 5.56 Å². The molecule has 0 aliphatic carbocycles. The number of carbonyl (C=O) groups excluding carboxylic acids is 1. The smallest absolute Gasteiger partial charge is 0.269 e. The Kier molecular flexibility index (Phi) is 5.05. The van der Waals surface area contributed by atoms with E-state index in [1.165, 1.54) is 10.8 Å². The molecule has 1 amide bonds. The molecule has 2 aromatic heterocycles. The van der Waals surface area contributed by atoms with Gasteiger partial charge in [-0.2, -0.15) is 5.10 Å². The monoisotopic (exact) mass is 421 g/mol. The number of aromatic nitrogens is 4. The average molecular weight is 421 g/mol.